The highest BCUT2D eigenvalue weighted by Gasteiger charge is 2.27. The number of hydrogen-bond donors (Lipinski definition) is 0. The van der Waals surface area contributed by atoms with Gasteiger partial charge in [0.05, 0.1) is 0 Å². The van der Waals surface area contributed by atoms with Crippen LogP contribution in [-0.2, 0) is 0 Å². The van der Waals surface area contributed by atoms with Gasteiger partial charge >= 0.3 is 0 Å². The summed E-state index contributed by atoms with van der Waals surface area (Å²) in [5.41, 5.74) is 3.10. The van der Waals surface area contributed by atoms with Crippen LogP contribution >= 0.6 is 0 Å². The quantitative estimate of drug-likeness (QED) is 0.560. The third-order valence-electron chi connectivity index (χ3n) is 2.85. The highest BCUT2D eigenvalue weighted by molar-refractivity contribution is 5.38. The van der Waals surface area contributed by atoms with E-state index >= 15 is 0 Å². The van der Waals surface area contributed by atoms with Gasteiger partial charge in [-0.05, 0) is 37.2 Å². The summed E-state index contributed by atoms with van der Waals surface area (Å²) in [7, 11) is 0. The second-order valence-electron chi connectivity index (χ2n) is 4.45. The monoisotopic (exact) mass is 176 g/mol. The van der Waals surface area contributed by atoms with Crippen molar-refractivity contribution in [1.29, 1.82) is 0 Å². The first kappa shape index (κ1) is 10.3. The van der Waals surface area contributed by atoms with E-state index in [1.165, 1.54) is 30.4 Å². The van der Waals surface area contributed by atoms with Gasteiger partial charge in [-0.3, -0.25) is 0 Å². The molecule has 0 aliphatic heterocycles. The van der Waals surface area contributed by atoms with Crippen molar-refractivity contribution >= 4 is 0 Å². The van der Waals surface area contributed by atoms with Gasteiger partial charge in [0.1, 0.15) is 0 Å². The van der Waals surface area contributed by atoms with Crippen LogP contribution in [0.2, 0.25) is 0 Å². The molecule has 0 heterocycles. The van der Waals surface area contributed by atoms with E-state index in [9.17, 15) is 0 Å². The average Bonchev–Trinajstić information content (AvgIpc) is 2.02. The normalized spacial score (nSPS) is 25.8. The van der Waals surface area contributed by atoms with Gasteiger partial charge in [-0.2, -0.15) is 0 Å². The first-order valence-corrected chi connectivity index (χ1v) is 5.09. The standard InChI is InChI=1S/C13H20/c1-5-6-9-12-11(2)8-7-10-13(12,3)4/h5-6,9H,2,7-8,10H2,1,3-4H3/b6-5+,12-9+. The van der Waals surface area contributed by atoms with Crippen LogP contribution < -0.4 is 0 Å². The Balaban J connectivity index is 2.93. The van der Waals surface area contributed by atoms with Gasteiger partial charge in [0.2, 0.25) is 0 Å². The van der Waals surface area contributed by atoms with Gasteiger partial charge in [-0.25, -0.2) is 0 Å². The highest BCUT2D eigenvalue weighted by Crippen LogP contribution is 2.42. The van der Waals surface area contributed by atoms with Gasteiger partial charge in [-0.15, -0.1) is 0 Å². The second-order valence-corrected chi connectivity index (χ2v) is 4.45. The van der Waals surface area contributed by atoms with Crippen LogP contribution in [0.1, 0.15) is 40.0 Å². The first-order chi connectivity index (χ1) is 6.08. The van der Waals surface area contributed by atoms with Crippen molar-refractivity contribution < 1.29 is 0 Å². The van der Waals surface area contributed by atoms with E-state index in [0.717, 1.165) is 0 Å². The van der Waals surface area contributed by atoms with Crippen molar-refractivity contribution in [2.45, 2.75) is 40.0 Å². The van der Waals surface area contributed by atoms with Crippen molar-refractivity contribution in [3.63, 3.8) is 0 Å². The van der Waals surface area contributed by atoms with E-state index in [-0.39, 0.29) is 0 Å². The maximum atomic E-state index is 4.14. The van der Waals surface area contributed by atoms with Crippen molar-refractivity contribution in [3.05, 3.63) is 36.0 Å². The summed E-state index contributed by atoms with van der Waals surface area (Å²) in [6, 6.07) is 0. The minimum Gasteiger partial charge on any atom is -0.0955 e. The molecule has 0 aromatic rings. The molecule has 0 bridgehead atoms. The molecule has 0 spiro atoms. The Morgan fingerprint density at radius 1 is 1.38 bits per heavy atom. The van der Waals surface area contributed by atoms with Gasteiger partial charge in [-0.1, -0.05) is 44.2 Å². The van der Waals surface area contributed by atoms with Crippen LogP contribution in [0.5, 0.6) is 0 Å². The summed E-state index contributed by atoms with van der Waals surface area (Å²) in [4.78, 5) is 0. The van der Waals surface area contributed by atoms with Crippen LogP contribution in [0.4, 0.5) is 0 Å². The molecule has 0 radical (unpaired) electrons. The maximum absolute atomic E-state index is 4.14. The van der Waals surface area contributed by atoms with Crippen LogP contribution in [-0.4, -0.2) is 0 Å². The predicted octanol–water partition coefficient (Wildman–Crippen LogP) is 4.26. The molecule has 0 nitrogen and oxygen atoms in total. The highest BCUT2D eigenvalue weighted by atomic mass is 14.3. The molecule has 0 N–H and O–H groups in total. The largest absolute Gasteiger partial charge is 0.0955 e. The topological polar surface area (TPSA) is 0 Å². The molecule has 0 atom stereocenters. The number of hydrogen-bond acceptors (Lipinski definition) is 0. The molecule has 0 aromatic carbocycles. The van der Waals surface area contributed by atoms with Crippen molar-refractivity contribution in [1.82, 2.24) is 0 Å². The van der Waals surface area contributed by atoms with Gasteiger partial charge in [0.25, 0.3) is 0 Å². The van der Waals surface area contributed by atoms with E-state index in [1.54, 1.807) is 0 Å². The lowest BCUT2D eigenvalue weighted by molar-refractivity contribution is 0.371. The van der Waals surface area contributed by atoms with Crippen LogP contribution in [0.3, 0.4) is 0 Å². The lowest BCUT2D eigenvalue weighted by Gasteiger charge is -2.34. The van der Waals surface area contributed by atoms with E-state index in [4.69, 9.17) is 0 Å². The van der Waals surface area contributed by atoms with Gasteiger partial charge in [0.15, 0.2) is 0 Å². The third-order valence-corrected chi connectivity index (χ3v) is 2.85. The second kappa shape index (κ2) is 3.95. The molecule has 0 saturated heterocycles. The molecule has 1 fully saturated rings. The van der Waals surface area contributed by atoms with Crippen molar-refractivity contribution in [2.24, 2.45) is 5.41 Å². The zero-order chi connectivity index (χ0) is 9.90. The number of allylic oxidation sites excluding steroid dienone is 5. The summed E-state index contributed by atoms with van der Waals surface area (Å²) in [6.45, 7) is 10.8. The lowest BCUT2D eigenvalue weighted by Crippen LogP contribution is -2.20. The molecule has 1 aliphatic carbocycles. The molecule has 0 aromatic heterocycles. The Kier molecular flexibility index (Phi) is 3.13. The van der Waals surface area contributed by atoms with Crippen LogP contribution in [0.25, 0.3) is 0 Å². The molecular weight excluding hydrogens is 156 g/mol. The fourth-order valence-electron chi connectivity index (χ4n) is 2.03. The Bertz CT molecular complexity index is 251. The predicted molar refractivity (Wildman–Crippen MR) is 59.7 cm³/mol. The Hall–Kier alpha value is -0.780. The molecule has 0 amide bonds. The molecule has 72 valence electrons. The minimum absolute atomic E-state index is 0.328. The van der Waals surface area contributed by atoms with Crippen LogP contribution in [0, 0.1) is 5.41 Å². The van der Waals surface area contributed by atoms with E-state index in [0.29, 0.717) is 5.41 Å². The number of rotatable bonds is 1. The van der Waals surface area contributed by atoms with E-state index < -0.39 is 0 Å². The SMILES string of the molecule is C=C1CCCC(C)(C)/C1=C/C=C/C. The summed E-state index contributed by atoms with van der Waals surface area (Å²) in [6.07, 6.45) is 10.2. The molecule has 1 aliphatic rings. The molecule has 1 saturated carbocycles. The van der Waals surface area contributed by atoms with E-state index in [2.05, 4.69) is 45.6 Å². The fraction of sp³-hybridized carbons (Fsp3) is 0.538. The smallest absolute Gasteiger partial charge is 0.0101 e. The van der Waals surface area contributed by atoms with Gasteiger partial charge < -0.3 is 0 Å². The molecule has 1 rings (SSSR count). The molecule has 0 unspecified atom stereocenters. The maximum Gasteiger partial charge on any atom is -0.0101 e. The minimum atomic E-state index is 0.328. The molecule has 13 heavy (non-hydrogen) atoms. The summed E-state index contributed by atoms with van der Waals surface area (Å²) >= 11 is 0. The summed E-state index contributed by atoms with van der Waals surface area (Å²) in [5, 5.41) is 0. The average molecular weight is 176 g/mol. The van der Waals surface area contributed by atoms with Gasteiger partial charge in [0, 0.05) is 0 Å². The molecular formula is C13H20. The fourth-order valence-corrected chi connectivity index (χ4v) is 2.03. The zero-order valence-corrected chi connectivity index (χ0v) is 9.06. The van der Waals surface area contributed by atoms with Crippen molar-refractivity contribution in [2.75, 3.05) is 0 Å². The zero-order valence-electron chi connectivity index (χ0n) is 9.06. The Labute approximate surface area is 82.0 Å². The van der Waals surface area contributed by atoms with E-state index in [1.807, 2.05) is 0 Å². The lowest BCUT2D eigenvalue weighted by atomic mass is 9.71. The third kappa shape index (κ3) is 2.33. The molecule has 0 heteroatoms. The van der Waals surface area contributed by atoms with Crippen molar-refractivity contribution in [3.8, 4) is 0 Å². The summed E-state index contributed by atoms with van der Waals surface area (Å²) in [5.74, 6) is 0. The first-order valence-electron chi connectivity index (χ1n) is 5.09. The Morgan fingerprint density at radius 3 is 2.62 bits per heavy atom. The Morgan fingerprint density at radius 2 is 2.08 bits per heavy atom. The van der Waals surface area contributed by atoms with Crippen LogP contribution in [0.15, 0.2) is 36.0 Å². The summed E-state index contributed by atoms with van der Waals surface area (Å²) < 4.78 is 0.